The minimum Gasteiger partial charge on any atom is -0.478 e. The van der Waals surface area contributed by atoms with Crippen molar-refractivity contribution in [2.75, 3.05) is 0 Å². The number of hydrogen-bond donors (Lipinski definition) is 2. The molecule has 30 heavy (non-hydrogen) atoms. The third-order valence-corrected chi connectivity index (χ3v) is 5.99. The first kappa shape index (κ1) is 21.3. The van der Waals surface area contributed by atoms with Gasteiger partial charge in [0.1, 0.15) is 0 Å². The SMILES string of the molecule is CC(C)(c1ccc(C(C)(C)c2cccc(C(=O)O)c2)cc1)c1cccc(C(=O)O)c1. The van der Waals surface area contributed by atoms with Gasteiger partial charge >= 0.3 is 11.9 Å². The number of carboxylic acid groups (broad SMARTS) is 2. The van der Waals surface area contributed by atoms with Gasteiger partial charge in [-0.25, -0.2) is 9.59 Å². The second-order valence-corrected chi connectivity index (χ2v) is 8.60. The van der Waals surface area contributed by atoms with Gasteiger partial charge in [-0.15, -0.1) is 0 Å². The molecule has 0 saturated heterocycles. The predicted molar refractivity (Wildman–Crippen MR) is 118 cm³/mol. The Morgan fingerprint density at radius 1 is 0.567 bits per heavy atom. The standard InChI is InChI=1S/C26H26O4/c1-25(2,21-9-5-7-17(15-21)23(27)28)19-11-13-20(14-12-19)26(3,4)22-10-6-8-18(16-22)24(29)30/h5-16H,1-4H3,(H,27,28)(H,29,30). The third-order valence-electron chi connectivity index (χ3n) is 5.99. The summed E-state index contributed by atoms with van der Waals surface area (Å²) in [6.45, 7) is 8.30. The highest BCUT2D eigenvalue weighted by Crippen LogP contribution is 2.36. The van der Waals surface area contributed by atoms with Crippen molar-refractivity contribution >= 4 is 11.9 Å². The molecule has 0 bridgehead atoms. The quantitative estimate of drug-likeness (QED) is 0.552. The summed E-state index contributed by atoms with van der Waals surface area (Å²) in [5.41, 5.74) is 3.84. The molecular formula is C26H26O4. The molecule has 0 unspecified atom stereocenters. The maximum Gasteiger partial charge on any atom is 0.335 e. The number of rotatable bonds is 6. The average Bonchev–Trinajstić information content (AvgIpc) is 2.74. The van der Waals surface area contributed by atoms with Crippen LogP contribution in [0, 0.1) is 0 Å². The van der Waals surface area contributed by atoms with Gasteiger partial charge in [0.25, 0.3) is 0 Å². The van der Waals surface area contributed by atoms with Crippen molar-refractivity contribution in [3.05, 3.63) is 106 Å². The van der Waals surface area contributed by atoms with Gasteiger partial charge < -0.3 is 10.2 Å². The molecule has 3 aromatic carbocycles. The number of carbonyl (C=O) groups is 2. The van der Waals surface area contributed by atoms with Crippen LogP contribution < -0.4 is 0 Å². The molecular weight excluding hydrogens is 376 g/mol. The van der Waals surface area contributed by atoms with Gasteiger partial charge in [0.15, 0.2) is 0 Å². The molecule has 0 radical (unpaired) electrons. The van der Waals surface area contributed by atoms with Crippen molar-refractivity contribution in [3.63, 3.8) is 0 Å². The van der Waals surface area contributed by atoms with E-state index in [0.29, 0.717) is 0 Å². The fraction of sp³-hybridized carbons (Fsp3) is 0.231. The lowest BCUT2D eigenvalue weighted by molar-refractivity contribution is 0.0686. The lowest BCUT2D eigenvalue weighted by atomic mass is 9.74. The fourth-order valence-corrected chi connectivity index (χ4v) is 3.72. The van der Waals surface area contributed by atoms with Crippen LogP contribution >= 0.6 is 0 Å². The Morgan fingerprint density at radius 2 is 0.900 bits per heavy atom. The number of hydrogen-bond acceptors (Lipinski definition) is 2. The van der Waals surface area contributed by atoms with Crippen LogP contribution in [0.4, 0.5) is 0 Å². The molecule has 0 amide bonds. The monoisotopic (exact) mass is 402 g/mol. The molecule has 0 fully saturated rings. The molecule has 0 saturated carbocycles. The van der Waals surface area contributed by atoms with Gasteiger partial charge in [0.2, 0.25) is 0 Å². The first-order valence-corrected chi connectivity index (χ1v) is 9.82. The van der Waals surface area contributed by atoms with Gasteiger partial charge in [-0.3, -0.25) is 0 Å². The molecule has 0 atom stereocenters. The van der Waals surface area contributed by atoms with Gasteiger partial charge in [-0.05, 0) is 46.5 Å². The molecule has 0 aliphatic heterocycles. The number of aromatic carboxylic acids is 2. The molecule has 0 aromatic heterocycles. The van der Waals surface area contributed by atoms with Crippen molar-refractivity contribution in [1.29, 1.82) is 0 Å². The summed E-state index contributed by atoms with van der Waals surface area (Å²) < 4.78 is 0. The predicted octanol–water partition coefficient (Wildman–Crippen LogP) is 5.73. The van der Waals surface area contributed by atoms with Crippen LogP contribution in [0.5, 0.6) is 0 Å². The van der Waals surface area contributed by atoms with Gasteiger partial charge in [0.05, 0.1) is 11.1 Å². The summed E-state index contributed by atoms with van der Waals surface area (Å²) in [6, 6.07) is 22.3. The molecule has 0 aliphatic rings. The second kappa shape index (κ2) is 7.79. The van der Waals surface area contributed by atoms with Crippen LogP contribution in [0.25, 0.3) is 0 Å². The highest BCUT2D eigenvalue weighted by atomic mass is 16.4. The first-order valence-electron chi connectivity index (χ1n) is 9.82. The molecule has 2 N–H and O–H groups in total. The van der Waals surface area contributed by atoms with Crippen LogP contribution in [-0.2, 0) is 10.8 Å². The van der Waals surface area contributed by atoms with Gasteiger partial charge in [-0.1, -0.05) is 76.2 Å². The molecule has 3 rings (SSSR count). The van der Waals surface area contributed by atoms with Crippen LogP contribution in [0.3, 0.4) is 0 Å². The number of carboxylic acids is 2. The highest BCUT2D eigenvalue weighted by molar-refractivity contribution is 5.88. The zero-order chi connectivity index (χ0) is 22.1. The summed E-state index contributed by atoms with van der Waals surface area (Å²) in [6.07, 6.45) is 0. The molecule has 4 nitrogen and oxygen atoms in total. The highest BCUT2D eigenvalue weighted by Gasteiger charge is 2.27. The topological polar surface area (TPSA) is 74.6 Å². The molecule has 0 spiro atoms. The summed E-state index contributed by atoms with van der Waals surface area (Å²) in [5, 5.41) is 18.6. The largest absolute Gasteiger partial charge is 0.478 e. The van der Waals surface area contributed by atoms with E-state index in [1.165, 1.54) is 0 Å². The Hall–Kier alpha value is -3.40. The minimum absolute atomic E-state index is 0.275. The maximum absolute atomic E-state index is 11.3. The lowest BCUT2D eigenvalue weighted by Crippen LogP contribution is -2.22. The summed E-state index contributed by atoms with van der Waals surface area (Å²) in [7, 11) is 0. The zero-order valence-corrected chi connectivity index (χ0v) is 17.6. The van der Waals surface area contributed by atoms with Crippen LogP contribution in [0.2, 0.25) is 0 Å². The van der Waals surface area contributed by atoms with Crippen molar-refractivity contribution in [1.82, 2.24) is 0 Å². The van der Waals surface area contributed by atoms with Crippen molar-refractivity contribution in [2.24, 2.45) is 0 Å². The summed E-state index contributed by atoms with van der Waals surface area (Å²) >= 11 is 0. The number of benzene rings is 3. The molecule has 3 aromatic rings. The van der Waals surface area contributed by atoms with Gasteiger partial charge in [0, 0.05) is 10.8 Å². The van der Waals surface area contributed by atoms with E-state index in [1.54, 1.807) is 36.4 Å². The van der Waals surface area contributed by atoms with E-state index in [2.05, 4.69) is 52.0 Å². The van der Waals surface area contributed by atoms with Crippen molar-refractivity contribution in [2.45, 2.75) is 38.5 Å². The van der Waals surface area contributed by atoms with Gasteiger partial charge in [-0.2, -0.15) is 0 Å². The maximum atomic E-state index is 11.3. The minimum atomic E-state index is -0.937. The van der Waals surface area contributed by atoms with E-state index in [1.807, 2.05) is 12.1 Å². The Labute approximate surface area is 176 Å². The fourth-order valence-electron chi connectivity index (χ4n) is 3.72. The Kier molecular flexibility index (Phi) is 5.53. The Balaban J connectivity index is 1.95. The summed E-state index contributed by atoms with van der Waals surface area (Å²) in [5.74, 6) is -1.87. The summed E-state index contributed by atoms with van der Waals surface area (Å²) in [4.78, 5) is 22.7. The Bertz CT molecular complexity index is 1000. The second-order valence-electron chi connectivity index (χ2n) is 8.60. The van der Waals surface area contributed by atoms with Crippen molar-refractivity contribution < 1.29 is 19.8 Å². The molecule has 0 aliphatic carbocycles. The van der Waals surface area contributed by atoms with E-state index in [9.17, 15) is 19.8 Å². The molecule has 0 heterocycles. The normalized spacial score (nSPS) is 11.9. The van der Waals surface area contributed by atoms with E-state index >= 15 is 0 Å². The van der Waals surface area contributed by atoms with E-state index in [-0.39, 0.29) is 22.0 Å². The molecule has 4 heteroatoms. The van der Waals surface area contributed by atoms with E-state index < -0.39 is 11.9 Å². The Morgan fingerprint density at radius 3 is 1.20 bits per heavy atom. The first-order chi connectivity index (χ1) is 14.0. The van der Waals surface area contributed by atoms with Crippen LogP contribution in [-0.4, -0.2) is 22.2 Å². The lowest BCUT2D eigenvalue weighted by Gasteiger charge is -2.30. The van der Waals surface area contributed by atoms with E-state index in [4.69, 9.17) is 0 Å². The smallest absolute Gasteiger partial charge is 0.335 e. The third kappa shape index (κ3) is 3.99. The molecule has 154 valence electrons. The zero-order valence-electron chi connectivity index (χ0n) is 17.6. The van der Waals surface area contributed by atoms with Crippen LogP contribution in [0.15, 0.2) is 72.8 Å². The van der Waals surface area contributed by atoms with E-state index in [0.717, 1.165) is 22.3 Å². The average molecular weight is 402 g/mol. The van der Waals surface area contributed by atoms with Crippen LogP contribution in [0.1, 0.15) is 70.7 Å². The van der Waals surface area contributed by atoms with Crippen molar-refractivity contribution in [3.8, 4) is 0 Å².